The summed E-state index contributed by atoms with van der Waals surface area (Å²) in [6, 6.07) is 8.87. The summed E-state index contributed by atoms with van der Waals surface area (Å²) in [4.78, 5) is 12.0. The van der Waals surface area contributed by atoms with Gasteiger partial charge < -0.3 is 5.32 Å². The number of nitriles is 2. The van der Waals surface area contributed by atoms with Gasteiger partial charge in [-0.1, -0.05) is 6.92 Å². The van der Waals surface area contributed by atoms with Crippen molar-refractivity contribution in [2.24, 2.45) is 5.41 Å². The van der Waals surface area contributed by atoms with E-state index in [1.165, 1.54) is 0 Å². The van der Waals surface area contributed by atoms with E-state index in [0.29, 0.717) is 22.1 Å². The maximum absolute atomic E-state index is 12.0. The van der Waals surface area contributed by atoms with Crippen LogP contribution in [0.4, 0.5) is 5.69 Å². The van der Waals surface area contributed by atoms with E-state index in [2.05, 4.69) is 21.2 Å². The van der Waals surface area contributed by atoms with Crippen molar-refractivity contribution in [3.05, 3.63) is 28.2 Å². The molecule has 4 nitrogen and oxygen atoms in total. The molecule has 0 saturated heterocycles. The highest BCUT2D eigenvalue weighted by atomic mass is 79.9. The minimum absolute atomic E-state index is 0.349. The van der Waals surface area contributed by atoms with E-state index in [4.69, 9.17) is 10.5 Å². The molecule has 0 aliphatic rings. The van der Waals surface area contributed by atoms with E-state index in [1.807, 2.05) is 12.1 Å². The average molecular weight is 306 g/mol. The summed E-state index contributed by atoms with van der Waals surface area (Å²) in [6.45, 7) is 3.39. The van der Waals surface area contributed by atoms with Gasteiger partial charge in [0.25, 0.3) is 0 Å². The van der Waals surface area contributed by atoms with Gasteiger partial charge in [-0.25, -0.2) is 0 Å². The molecule has 0 heterocycles. The number of halogens is 1. The van der Waals surface area contributed by atoms with Gasteiger partial charge in [0.05, 0.1) is 23.4 Å². The number of amides is 1. The molecule has 0 bridgehead atoms. The van der Waals surface area contributed by atoms with Gasteiger partial charge in [-0.3, -0.25) is 4.79 Å². The zero-order valence-corrected chi connectivity index (χ0v) is 11.7. The van der Waals surface area contributed by atoms with E-state index < -0.39 is 5.41 Å². The number of carbonyl (C=O) groups is 1. The molecule has 1 aromatic carbocycles. The number of anilines is 1. The zero-order valence-electron chi connectivity index (χ0n) is 10.1. The number of nitrogens with zero attached hydrogens (tertiary/aromatic N) is 2. The van der Waals surface area contributed by atoms with Crippen LogP contribution in [0.25, 0.3) is 0 Å². The summed E-state index contributed by atoms with van der Waals surface area (Å²) in [5.74, 6) is -0.349. The molecule has 0 aliphatic carbocycles. The van der Waals surface area contributed by atoms with Crippen LogP contribution in [0, 0.1) is 28.1 Å². The molecular formula is C13H12BrN3O. The molecule has 0 aromatic heterocycles. The van der Waals surface area contributed by atoms with Crippen molar-refractivity contribution in [3.63, 3.8) is 0 Å². The Labute approximate surface area is 114 Å². The predicted molar refractivity (Wildman–Crippen MR) is 71.5 cm³/mol. The topological polar surface area (TPSA) is 76.7 Å². The number of hydrogen-bond acceptors (Lipinski definition) is 3. The van der Waals surface area contributed by atoms with Crippen LogP contribution in [0.3, 0.4) is 0 Å². The van der Waals surface area contributed by atoms with Crippen molar-refractivity contribution in [1.29, 1.82) is 10.5 Å². The first kappa shape index (κ1) is 14.2. The Morgan fingerprint density at radius 1 is 1.50 bits per heavy atom. The molecule has 0 saturated carbocycles. The third kappa shape index (κ3) is 2.88. The molecule has 1 atom stereocenters. The Hall–Kier alpha value is -1.85. The van der Waals surface area contributed by atoms with Gasteiger partial charge >= 0.3 is 0 Å². The number of carbonyl (C=O) groups excluding carboxylic acids is 1. The molecule has 1 rings (SSSR count). The van der Waals surface area contributed by atoms with E-state index in [0.717, 1.165) is 0 Å². The molecule has 5 heteroatoms. The Balaban J connectivity index is 2.97. The summed E-state index contributed by atoms with van der Waals surface area (Å²) in [5, 5.41) is 20.4. The minimum atomic E-state index is -1.05. The van der Waals surface area contributed by atoms with Crippen molar-refractivity contribution in [2.75, 3.05) is 5.32 Å². The second-order valence-corrected chi connectivity index (χ2v) is 4.91. The van der Waals surface area contributed by atoms with Crippen LogP contribution in [0.2, 0.25) is 0 Å². The van der Waals surface area contributed by atoms with E-state index in [-0.39, 0.29) is 5.91 Å². The highest BCUT2D eigenvalue weighted by Gasteiger charge is 2.31. The fraction of sp³-hybridized carbons (Fsp3) is 0.308. The molecule has 92 valence electrons. The lowest BCUT2D eigenvalue weighted by molar-refractivity contribution is -0.122. The van der Waals surface area contributed by atoms with Crippen molar-refractivity contribution in [1.82, 2.24) is 0 Å². The monoisotopic (exact) mass is 305 g/mol. The maximum atomic E-state index is 12.0. The molecule has 0 spiro atoms. The third-order valence-corrected chi connectivity index (χ3v) is 3.46. The van der Waals surface area contributed by atoms with Crippen LogP contribution in [0.1, 0.15) is 25.8 Å². The standard InChI is InChI=1S/C13H12BrN3O/c1-3-13(2,8-16)12(18)17-11-5-4-9(7-15)6-10(11)14/h4-6H,3H2,1-2H3,(H,17,18). The van der Waals surface area contributed by atoms with Crippen LogP contribution in [-0.2, 0) is 4.79 Å². The van der Waals surface area contributed by atoms with Crippen LogP contribution in [0.15, 0.2) is 22.7 Å². The second-order valence-electron chi connectivity index (χ2n) is 4.06. The average Bonchev–Trinajstić information content (AvgIpc) is 2.39. The van der Waals surface area contributed by atoms with Crippen molar-refractivity contribution in [2.45, 2.75) is 20.3 Å². The van der Waals surface area contributed by atoms with E-state index in [1.54, 1.807) is 32.0 Å². The summed E-state index contributed by atoms with van der Waals surface area (Å²) in [5.41, 5.74) is 0.000185. The molecule has 1 N–H and O–H groups in total. The molecule has 0 fully saturated rings. The van der Waals surface area contributed by atoms with E-state index in [9.17, 15) is 4.79 Å². The Morgan fingerprint density at radius 2 is 2.17 bits per heavy atom. The summed E-state index contributed by atoms with van der Waals surface area (Å²) in [7, 11) is 0. The van der Waals surface area contributed by atoms with Gasteiger partial charge in [-0.05, 0) is 47.5 Å². The molecular weight excluding hydrogens is 294 g/mol. The highest BCUT2D eigenvalue weighted by Crippen LogP contribution is 2.27. The lowest BCUT2D eigenvalue weighted by Gasteiger charge is -2.19. The second kappa shape index (κ2) is 5.66. The zero-order chi connectivity index (χ0) is 13.8. The number of rotatable bonds is 3. The van der Waals surface area contributed by atoms with Crippen molar-refractivity contribution < 1.29 is 4.79 Å². The fourth-order valence-corrected chi connectivity index (χ4v) is 1.71. The Bertz CT molecular complexity index is 556. The van der Waals surface area contributed by atoms with Gasteiger partial charge in [-0.15, -0.1) is 0 Å². The first-order valence-corrected chi connectivity index (χ1v) is 6.18. The van der Waals surface area contributed by atoms with Crippen molar-refractivity contribution in [3.8, 4) is 12.1 Å². The Kier molecular flexibility index (Phi) is 4.47. The lowest BCUT2D eigenvalue weighted by atomic mass is 9.88. The van der Waals surface area contributed by atoms with Gasteiger partial charge in [0.2, 0.25) is 5.91 Å². The van der Waals surface area contributed by atoms with E-state index >= 15 is 0 Å². The highest BCUT2D eigenvalue weighted by molar-refractivity contribution is 9.10. The van der Waals surface area contributed by atoms with Crippen LogP contribution in [-0.4, -0.2) is 5.91 Å². The predicted octanol–water partition coefficient (Wildman–Crippen LogP) is 3.20. The smallest absolute Gasteiger partial charge is 0.244 e. The van der Waals surface area contributed by atoms with Crippen LogP contribution < -0.4 is 5.32 Å². The lowest BCUT2D eigenvalue weighted by Crippen LogP contribution is -2.31. The molecule has 1 unspecified atom stereocenters. The van der Waals surface area contributed by atoms with Gasteiger partial charge in [0.15, 0.2) is 0 Å². The largest absolute Gasteiger partial charge is 0.324 e. The SMILES string of the molecule is CCC(C)(C#N)C(=O)Nc1ccc(C#N)cc1Br. The van der Waals surface area contributed by atoms with Crippen LogP contribution >= 0.6 is 15.9 Å². The summed E-state index contributed by atoms with van der Waals surface area (Å²) >= 11 is 3.28. The first-order valence-electron chi connectivity index (χ1n) is 5.39. The Morgan fingerprint density at radius 3 is 2.61 bits per heavy atom. The summed E-state index contributed by atoms with van der Waals surface area (Å²) < 4.78 is 0.617. The minimum Gasteiger partial charge on any atom is -0.324 e. The van der Waals surface area contributed by atoms with Gasteiger partial charge in [0, 0.05) is 4.47 Å². The molecule has 0 aliphatic heterocycles. The number of benzene rings is 1. The third-order valence-electron chi connectivity index (χ3n) is 2.80. The maximum Gasteiger partial charge on any atom is 0.244 e. The van der Waals surface area contributed by atoms with Gasteiger partial charge in [-0.2, -0.15) is 10.5 Å². The number of hydrogen-bond donors (Lipinski definition) is 1. The molecule has 0 radical (unpaired) electrons. The molecule has 1 aromatic rings. The van der Waals surface area contributed by atoms with Crippen LogP contribution in [0.5, 0.6) is 0 Å². The van der Waals surface area contributed by atoms with Gasteiger partial charge in [0.1, 0.15) is 5.41 Å². The van der Waals surface area contributed by atoms with Crippen molar-refractivity contribution >= 4 is 27.5 Å². The normalized spacial score (nSPS) is 12.9. The molecule has 1 amide bonds. The summed E-state index contributed by atoms with van der Waals surface area (Å²) in [6.07, 6.45) is 0.434. The quantitative estimate of drug-likeness (QED) is 0.931. The first-order chi connectivity index (χ1) is 8.46. The molecule has 18 heavy (non-hydrogen) atoms. The fourth-order valence-electron chi connectivity index (χ4n) is 1.24. The number of nitrogens with one attached hydrogen (secondary N) is 1.